The maximum absolute atomic E-state index is 5.54. The number of allylic oxidation sites excluding steroid dienone is 4. The third-order valence-electron chi connectivity index (χ3n) is 2.10. The molecule has 0 atom stereocenters. The Labute approximate surface area is 108 Å². The van der Waals surface area contributed by atoms with Crippen molar-refractivity contribution in [2.24, 2.45) is 16.6 Å². The minimum atomic E-state index is 0. The van der Waals surface area contributed by atoms with Crippen molar-refractivity contribution in [2.75, 3.05) is 0 Å². The van der Waals surface area contributed by atoms with E-state index in [1.165, 1.54) is 0 Å². The number of hydrogen-bond acceptors (Lipinski definition) is 2. The van der Waals surface area contributed by atoms with Gasteiger partial charge < -0.3 is 10.7 Å². The van der Waals surface area contributed by atoms with Gasteiger partial charge in [-0.1, -0.05) is 25.1 Å². The molecule has 2 N–H and O–H groups in total. The van der Waals surface area contributed by atoms with E-state index in [0.29, 0.717) is 5.92 Å². The summed E-state index contributed by atoms with van der Waals surface area (Å²) in [6.07, 6.45) is 6.56. The molecule has 0 fully saturated rings. The minimum Gasteiger partial charge on any atom is -0.455 e. The van der Waals surface area contributed by atoms with Gasteiger partial charge in [0.1, 0.15) is 0 Å². The fraction of sp³-hybridized carbons (Fsp3) is 0.462. The van der Waals surface area contributed by atoms with E-state index in [-0.39, 0.29) is 16.5 Å². The second-order valence-corrected chi connectivity index (χ2v) is 4.44. The summed E-state index contributed by atoms with van der Waals surface area (Å²) < 4.78 is 0. The van der Waals surface area contributed by atoms with E-state index in [0.717, 1.165) is 35.4 Å². The molecule has 0 amide bonds. The summed E-state index contributed by atoms with van der Waals surface area (Å²) in [5.41, 5.74) is 9.58. The summed E-state index contributed by atoms with van der Waals surface area (Å²) in [4.78, 5) is 4.53. The molecule has 1 heterocycles. The fourth-order valence-electron chi connectivity index (χ4n) is 1.52. The zero-order valence-electron chi connectivity index (χ0n) is 10.1. The maximum atomic E-state index is 5.54. The van der Waals surface area contributed by atoms with Gasteiger partial charge in [-0.2, -0.15) is 11.6 Å². The van der Waals surface area contributed by atoms with Gasteiger partial charge in [-0.15, -0.1) is 12.8 Å². The zero-order chi connectivity index (χ0) is 11.4. The molecule has 0 aromatic carbocycles. The van der Waals surface area contributed by atoms with Crippen molar-refractivity contribution in [1.82, 2.24) is 0 Å². The second kappa shape index (κ2) is 6.70. The Kier molecular flexibility index (Phi) is 6.36. The van der Waals surface area contributed by atoms with Gasteiger partial charge in [0.2, 0.25) is 0 Å². The Bertz CT molecular complexity index is 349. The average molecular weight is 262 g/mol. The predicted octanol–water partition coefficient (Wildman–Crippen LogP) is 2.98. The van der Waals surface area contributed by atoms with Crippen LogP contribution >= 0.6 is 0 Å². The van der Waals surface area contributed by atoms with Gasteiger partial charge in [0.25, 0.3) is 0 Å². The van der Waals surface area contributed by atoms with Gasteiger partial charge in [-0.05, 0) is 31.4 Å². The molecule has 1 rings (SSSR count). The van der Waals surface area contributed by atoms with Crippen LogP contribution in [-0.4, -0.2) is 5.71 Å². The van der Waals surface area contributed by atoms with Crippen molar-refractivity contribution >= 4 is 5.71 Å². The third kappa shape index (κ3) is 4.36. The first kappa shape index (κ1) is 15.2. The zero-order valence-corrected chi connectivity index (χ0v) is 11.1. The van der Waals surface area contributed by atoms with E-state index >= 15 is 0 Å². The Morgan fingerprint density at radius 3 is 2.62 bits per heavy atom. The van der Waals surface area contributed by atoms with Gasteiger partial charge >= 0.3 is 0 Å². The standard InChI is InChI=1S/C13H19N2.Ni/c1-9(2)5-12-7-11(8-14)13(15-12)6-10(3)4;/h8-9H,3,5-6,14H2,1-2,4H3;/q-1;. The molecule has 0 aromatic rings. The Hall–Kier alpha value is -0.816. The molecule has 0 radical (unpaired) electrons. The normalized spacial score (nSPS) is 17.1. The van der Waals surface area contributed by atoms with E-state index < -0.39 is 0 Å². The summed E-state index contributed by atoms with van der Waals surface area (Å²) in [7, 11) is 0. The third-order valence-corrected chi connectivity index (χ3v) is 2.10. The Morgan fingerprint density at radius 2 is 2.19 bits per heavy atom. The monoisotopic (exact) mass is 261 g/mol. The van der Waals surface area contributed by atoms with Crippen molar-refractivity contribution < 1.29 is 16.5 Å². The number of nitrogens with two attached hydrogens (primary N) is 1. The topological polar surface area (TPSA) is 38.4 Å². The van der Waals surface area contributed by atoms with Crippen LogP contribution in [0.3, 0.4) is 0 Å². The molecule has 92 valence electrons. The van der Waals surface area contributed by atoms with Gasteiger partial charge in [-0.25, -0.2) is 0 Å². The molecule has 2 nitrogen and oxygen atoms in total. The SMILES string of the molecule is C=C(C)CC1=NC(CC(C)C)=[C-]C1=CN.[Ni]. The predicted molar refractivity (Wildman–Crippen MR) is 65.3 cm³/mol. The smallest absolute Gasteiger partial charge is 0 e. The molecule has 0 spiro atoms. The first-order valence-corrected chi connectivity index (χ1v) is 5.30. The van der Waals surface area contributed by atoms with Crippen LogP contribution in [0.2, 0.25) is 0 Å². The molecule has 0 aromatic heterocycles. The molecular formula is C13H19N2Ni-. The summed E-state index contributed by atoms with van der Waals surface area (Å²) in [5.74, 6) is 0.597. The van der Waals surface area contributed by atoms with E-state index in [4.69, 9.17) is 5.73 Å². The van der Waals surface area contributed by atoms with Crippen molar-refractivity contribution in [3.8, 4) is 0 Å². The van der Waals surface area contributed by atoms with Crippen LogP contribution in [0.5, 0.6) is 0 Å². The van der Waals surface area contributed by atoms with Crippen LogP contribution < -0.4 is 5.73 Å². The molecule has 16 heavy (non-hydrogen) atoms. The van der Waals surface area contributed by atoms with Gasteiger partial charge in [-0.3, -0.25) is 0 Å². The van der Waals surface area contributed by atoms with Crippen molar-refractivity contribution in [3.63, 3.8) is 0 Å². The largest absolute Gasteiger partial charge is 0.455 e. The van der Waals surface area contributed by atoms with Crippen LogP contribution in [-0.2, 0) is 16.5 Å². The molecule has 0 aliphatic carbocycles. The number of hydrogen-bond donors (Lipinski definition) is 1. The Balaban J connectivity index is 0.00000225. The molecule has 0 bridgehead atoms. The molecule has 0 unspecified atom stereocenters. The van der Waals surface area contributed by atoms with Crippen LogP contribution in [0, 0.1) is 12.0 Å². The molecule has 1 aliphatic rings. The van der Waals surface area contributed by atoms with Crippen molar-refractivity contribution in [2.45, 2.75) is 33.6 Å². The fourth-order valence-corrected chi connectivity index (χ4v) is 1.52. The summed E-state index contributed by atoms with van der Waals surface area (Å²) >= 11 is 0. The maximum Gasteiger partial charge on any atom is 0 e. The number of rotatable bonds is 4. The number of aliphatic imine (C=N–C) groups is 1. The molecule has 1 aliphatic heterocycles. The first-order valence-electron chi connectivity index (χ1n) is 5.30. The van der Waals surface area contributed by atoms with Crippen molar-refractivity contribution in [1.29, 1.82) is 0 Å². The van der Waals surface area contributed by atoms with Gasteiger partial charge in [0.15, 0.2) is 0 Å². The summed E-state index contributed by atoms with van der Waals surface area (Å²) in [6.45, 7) is 10.2. The van der Waals surface area contributed by atoms with Crippen LogP contribution in [0.25, 0.3) is 0 Å². The number of nitrogens with zero attached hydrogens (tertiary/aromatic N) is 1. The molecule has 3 heteroatoms. The summed E-state index contributed by atoms with van der Waals surface area (Å²) in [5, 5.41) is 0. The molecule has 0 saturated heterocycles. The van der Waals surface area contributed by atoms with Gasteiger partial charge in [0.05, 0.1) is 0 Å². The van der Waals surface area contributed by atoms with E-state index in [1.807, 2.05) is 6.92 Å². The second-order valence-electron chi connectivity index (χ2n) is 4.44. The van der Waals surface area contributed by atoms with Crippen molar-refractivity contribution in [3.05, 3.63) is 35.7 Å². The first-order chi connectivity index (χ1) is 7.02. The minimum absolute atomic E-state index is 0. The molecular weight excluding hydrogens is 243 g/mol. The van der Waals surface area contributed by atoms with Crippen LogP contribution in [0.1, 0.15) is 33.6 Å². The Morgan fingerprint density at radius 1 is 1.56 bits per heavy atom. The van der Waals surface area contributed by atoms with Crippen LogP contribution in [0.4, 0.5) is 0 Å². The van der Waals surface area contributed by atoms with Crippen LogP contribution in [0.15, 0.2) is 34.6 Å². The average Bonchev–Trinajstić information content (AvgIpc) is 2.45. The van der Waals surface area contributed by atoms with Gasteiger partial charge in [0, 0.05) is 16.5 Å². The van der Waals surface area contributed by atoms with E-state index in [1.54, 1.807) is 6.20 Å². The quantitative estimate of drug-likeness (QED) is 0.472. The molecule has 0 saturated carbocycles. The summed E-state index contributed by atoms with van der Waals surface area (Å²) in [6, 6.07) is 0. The van der Waals surface area contributed by atoms with E-state index in [2.05, 4.69) is 31.5 Å². The van der Waals surface area contributed by atoms with E-state index in [9.17, 15) is 0 Å².